The molecule has 1 aromatic heterocycles. The van der Waals surface area contributed by atoms with Gasteiger partial charge in [-0.15, -0.1) is 10.2 Å². The van der Waals surface area contributed by atoms with E-state index in [4.69, 9.17) is 0 Å². The molecule has 0 aliphatic carbocycles. The zero-order valence-electron chi connectivity index (χ0n) is 18.5. The van der Waals surface area contributed by atoms with E-state index in [2.05, 4.69) is 20.8 Å². The van der Waals surface area contributed by atoms with Gasteiger partial charge < -0.3 is 15.2 Å². The van der Waals surface area contributed by atoms with Crippen molar-refractivity contribution in [1.82, 2.24) is 20.1 Å². The number of nitrogens with one attached hydrogen (secondary N) is 2. The number of nitro groups is 1. The van der Waals surface area contributed by atoms with E-state index in [1.54, 1.807) is 0 Å². The average molecular weight is 469 g/mol. The lowest BCUT2D eigenvalue weighted by Crippen LogP contribution is -2.25. The molecule has 1 heterocycles. The number of nitro benzene ring substituents is 1. The number of aromatic nitrogens is 3. The summed E-state index contributed by atoms with van der Waals surface area (Å²) in [6, 6.07) is 11.2. The maximum Gasteiger partial charge on any atom is 0.270 e. The second kappa shape index (κ2) is 10.7. The van der Waals surface area contributed by atoms with Crippen LogP contribution in [0.25, 0.3) is 0 Å². The molecule has 0 atom stereocenters. The van der Waals surface area contributed by atoms with E-state index in [9.17, 15) is 19.7 Å². The number of anilines is 1. The van der Waals surface area contributed by atoms with Crippen LogP contribution in [0.15, 0.2) is 47.6 Å². The Morgan fingerprint density at radius 1 is 1.15 bits per heavy atom. The van der Waals surface area contributed by atoms with Crippen LogP contribution in [0.5, 0.6) is 0 Å². The monoisotopic (exact) mass is 468 g/mol. The van der Waals surface area contributed by atoms with E-state index in [0.29, 0.717) is 17.5 Å². The van der Waals surface area contributed by atoms with E-state index in [1.165, 1.54) is 36.0 Å². The van der Waals surface area contributed by atoms with Crippen LogP contribution in [0.2, 0.25) is 0 Å². The van der Waals surface area contributed by atoms with Crippen molar-refractivity contribution in [2.45, 2.75) is 39.0 Å². The predicted molar refractivity (Wildman–Crippen MR) is 125 cm³/mol. The standard InChI is InChI=1S/C22H24N6O4S/c1-4-27-19(12-23-21(30)16-8-6-9-17(11-16)28(31)32)25-26-22(27)33-13-20(29)24-18-10-5-7-14(2)15(18)3/h5-11H,4,12-13H2,1-3H3,(H,23,30)(H,24,29). The van der Waals surface area contributed by atoms with Crippen molar-refractivity contribution in [3.63, 3.8) is 0 Å². The molecular formula is C22H24N6O4S. The predicted octanol–water partition coefficient (Wildman–Crippen LogP) is 3.48. The fraction of sp³-hybridized carbons (Fsp3) is 0.273. The highest BCUT2D eigenvalue weighted by Gasteiger charge is 2.16. The number of benzene rings is 2. The first-order chi connectivity index (χ1) is 15.8. The largest absolute Gasteiger partial charge is 0.345 e. The summed E-state index contributed by atoms with van der Waals surface area (Å²) in [5.74, 6) is 0.0750. The lowest BCUT2D eigenvalue weighted by molar-refractivity contribution is -0.384. The van der Waals surface area contributed by atoms with Gasteiger partial charge in [0.2, 0.25) is 5.91 Å². The molecule has 0 radical (unpaired) electrons. The van der Waals surface area contributed by atoms with Crippen LogP contribution in [0.4, 0.5) is 11.4 Å². The van der Waals surface area contributed by atoms with Crippen molar-refractivity contribution in [2.75, 3.05) is 11.1 Å². The van der Waals surface area contributed by atoms with Gasteiger partial charge >= 0.3 is 0 Å². The topological polar surface area (TPSA) is 132 Å². The number of hydrogen-bond donors (Lipinski definition) is 2. The van der Waals surface area contributed by atoms with Crippen molar-refractivity contribution >= 4 is 35.0 Å². The fourth-order valence-electron chi connectivity index (χ4n) is 3.10. The van der Waals surface area contributed by atoms with E-state index in [-0.39, 0.29) is 29.5 Å². The molecule has 0 aliphatic heterocycles. The molecule has 0 saturated carbocycles. The molecule has 2 amide bonds. The Morgan fingerprint density at radius 3 is 2.64 bits per heavy atom. The van der Waals surface area contributed by atoms with Crippen LogP contribution in [0, 0.1) is 24.0 Å². The normalized spacial score (nSPS) is 10.6. The number of rotatable bonds is 9. The zero-order valence-corrected chi connectivity index (χ0v) is 19.3. The quantitative estimate of drug-likeness (QED) is 0.279. The third kappa shape index (κ3) is 5.95. The summed E-state index contributed by atoms with van der Waals surface area (Å²) in [5, 5.41) is 25.4. The van der Waals surface area contributed by atoms with Crippen molar-refractivity contribution in [2.24, 2.45) is 0 Å². The molecule has 2 N–H and O–H groups in total. The highest BCUT2D eigenvalue weighted by molar-refractivity contribution is 7.99. The van der Waals surface area contributed by atoms with Gasteiger partial charge in [0.25, 0.3) is 11.6 Å². The third-order valence-corrected chi connectivity index (χ3v) is 6.01. The number of carbonyl (C=O) groups excluding carboxylic acids is 2. The van der Waals surface area contributed by atoms with E-state index >= 15 is 0 Å². The van der Waals surface area contributed by atoms with Gasteiger partial charge in [0.15, 0.2) is 11.0 Å². The highest BCUT2D eigenvalue weighted by atomic mass is 32.2. The summed E-state index contributed by atoms with van der Waals surface area (Å²) in [7, 11) is 0. The smallest absolute Gasteiger partial charge is 0.270 e. The number of thioether (sulfide) groups is 1. The van der Waals surface area contributed by atoms with Crippen molar-refractivity contribution in [1.29, 1.82) is 0 Å². The summed E-state index contributed by atoms with van der Waals surface area (Å²) in [5.41, 5.74) is 2.93. The molecule has 0 bridgehead atoms. The van der Waals surface area contributed by atoms with Gasteiger partial charge in [-0.25, -0.2) is 0 Å². The van der Waals surface area contributed by atoms with Gasteiger partial charge in [-0.3, -0.25) is 19.7 Å². The Hall–Kier alpha value is -3.73. The molecule has 33 heavy (non-hydrogen) atoms. The molecule has 2 aromatic carbocycles. The molecule has 11 heteroatoms. The second-order valence-corrected chi connectivity index (χ2v) is 8.16. The molecule has 0 fully saturated rings. The Kier molecular flexibility index (Phi) is 7.78. The Morgan fingerprint density at radius 2 is 1.91 bits per heavy atom. The van der Waals surface area contributed by atoms with E-state index in [0.717, 1.165) is 16.8 Å². The number of amides is 2. The van der Waals surface area contributed by atoms with E-state index < -0.39 is 10.8 Å². The van der Waals surface area contributed by atoms with Crippen molar-refractivity contribution in [3.05, 3.63) is 75.1 Å². The summed E-state index contributed by atoms with van der Waals surface area (Å²) in [6.45, 7) is 6.51. The second-order valence-electron chi connectivity index (χ2n) is 7.22. The van der Waals surface area contributed by atoms with Gasteiger partial charge in [0.05, 0.1) is 17.2 Å². The molecular weight excluding hydrogens is 444 g/mol. The van der Waals surface area contributed by atoms with Gasteiger partial charge in [0, 0.05) is 29.9 Å². The number of hydrogen-bond acceptors (Lipinski definition) is 7. The van der Waals surface area contributed by atoms with Gasteiger partial charge in [0.1, 0.15) is 0 Å². The fourth-order valence-corrected chi connectivity index (χ4v) is 3.92. The maximum atomic E-state index is 12.4. The van der Waals surface area contributed by atoms with Crippen LogP contribution in [-0.2, 0) is 17.9 Å². The van der Waals surface area contributed by atoms with Crippen LogP contribution in [0.3, 0.4) is 0 Å². The molecule has 3 aromatic rings. The van der Waals surface area contributed by atoms with Crippen LogP contribution in [0.1, 0.15) is 34.2 Å². The number of aryl methyl sites for hydroxylation is 1. The Bertz CT molecular complexity index is 1190. The van der Waals surface area contributed by atoms with E-state index in [1.807, 2.05) is 43.5 Å². The first-order valence-corrected chi connectivity index (χ1v) is 11.2. The van der Waals surface area contributed by atoms with Gasteiger partial charge in [-0.1, -0.05) is 30.0 Å². The van der Waals surface area contributed by atoms with Crippen molar-refractivity contribution < 1.29 is 14.5 Å². The molecule has 172 valence electrons. The SMILES string of the molecule is CCn1c(CNC(=O)c2cccc([N+](=O)[O-])c2)nnc1SCC(=O)Nc1cccc(C)c1C. The van der Waals surface area contributed by atoms with Crippen LogP contribution >= 0.6 is 11.8 Å². The highest BCUT2D eigenvalue weighted by Crippen LogP contribution is 2.21. The summed E-state index contributed by atoms with van der Waals surface area (Å²) >= 11 is 1.26. The zero-order chi connectivity index (χ0) is 24.0. The van der Waals surface area contributed by atoms with Crippen LogP contribution in [-0.4, -0.2) is 37.3 Å². The maximum absolute atomic E-state index is 12.4. The number of non-ortho nitro benzene ring substituents is 1. The molecule has 10 nitrogen and oxygen atoms in total. The number of nitrogens with zero attached hydrogens (tertiary/aromatic N) is 4. The lowest BCUT2D eigenvalue weighted by atomic mass is 10.1. The Labute approximate surface area is 194 Å². The molecule has 3 rings (SSSR count). The Balaban J connectivity index is 1.60. The minimum atomic E-state index is -0.551. The minimum Gasteiger partial charge on any atom is -0.345 e. The summed E-state index contributed by atoms with van der Waals surface area (Å²) < 4.78 is 1.81. The molecule has 0 aliphatic rings. The molecule has 0 saturated heterocycles. The first kappa shape index (κ1) is 23.9. The first-order valence-electron chi connectivity index (χ1n) is 10.2. The van der Waals surface area contributed by atoms with Crippen molar-refractivity contribution in [3.8, 4) is 0 Å². The third-order valence-electron chi connectivity index (χ3n) is 5.05. The number of carbonyl (C=O) groups is 2. The van der Waals surface area contributed by atoms with Gasteiger partial charge in [-0.05, 0) is 44.0 Å². The molecule has 0 unspecified atom stereocenters. The minimum absolute atomic E-state index is 0.0948. The van der Waals surface area contributed by atoms with Crippen LogP contribution < -0.4 is 10.6 Å². The summed E-state index contributed by atoms with van der Waals surface area (Å²) in [4.78, 5) is 35.2. The molecule has 0 spiro atoms. The average Bonchev–Trinajstić information content (AvgIpc) is 3.21. The summed E-state index contributed by atoms with van der Waals surface area (Å²) in [6.07, 6.45) is 0. The van der Waals surface area contributed by atoms with Gasteiger partial charge in [-0.2, -0.15) is 0 Å². The lowest BCUT2D eigenvalue weighted by Gasteiger charge is -2.11.